The number of fused-ring (bicyclic) bond motifs is 1. The maximum absolute atomic E-state index is 12.0. The summed E-state index contributed by atoms with van der Waals surface area (Å²) in [6, 6.07) is 13.2. The second-order valence-corrected chi connectivity index (χ2v) is 7.19. The van der Waals surface area contributed by atoms with Crippen LogP contribution in [0.4, 0.5) is 5.69 Å². The summed E-state index contributed by atoms with van der Waals surface area (Å²) in [5, 5.41) is 7.26. The van der Waals surface area contributed by atoms with E-state index in [-0.39, 0.29) is 30.7 Å². The van der Waals surface area contributed by atoms with Gasteiger partial charge in [0.15, 0.2) is 0 Å². The zero-order valence-corrected chi connectivity index (χ0v) is 18.3. The number of nitrogens with one attached hydrogen (secondary N) is 2. The van der Waals surface area contributed by atoms with E-state index in [1.165, 1.54) is 5.56 Å². The molecule has 2 aliphatic rings. The summed E-state index contributed by atoms with van der Waals surface area (Å²) in [6.07, 6.45) is 2.24. The number of methoxy groups -OCH3 is 1. The first kappa shape index (κ1) is 23.4. The van der Waals surface area contributed by atoms with Gasteiger partial charge in [0.05, 0.1) is 18.5 Å². The predicted molar refractivity (Wildman–Crippen MR) is 119 cm³/mol. The van der Waals surface area contributed by atoms with Gasteiger partial charge in [-0.1, -0.05) is 30.3 Å². The number of nitrogens with zero attached hydrogens (tertiary/aromatic N) is 2. The van der Waals surface area contributed by atoms with E-state index in [1.807, 2.05) is 19.2 Å². The molecule has 2 atom stereocenters. The molecule has 158 valence electrons. The Kier molecular flexibility index (Phi) is 8.28. The highest BCUT2D eigenvalue weighted by Gasteiger charge is 2.29. The van der Waals surface area contributed by atoms with Crippen LogP contribution < -0.4 is 20.3 Å². The van der Waals surface area contributed by atoms with Crippen molar-refractivity contribution in [1.29, 1.82) is 0 Å². The predicted octanol–water partition coefficient (Wildman–Crippen LogP) is 3.04. The Morgan fingerprint density at radius 1 is 1.24 bits per heavy atom. The normalized spacial score (nSPS) is 20.5. The molecule has 2 N–H and O–H groups in total. The van der Waals surface area contributed by atoms with Crippen LogP contribution in [0.25, 0.3) is 0 Å². The molecule has 0 bridgehead atoms. The average molecular weight is 439 g/mol. The van der Waals surface area contributed by atoms with Crippen molar-refractivity contribution in [3.63, 3.8) is 0 Å². The molecule has 0 radical (unpaired) electrons. The molecule has 6 nitrogen and oxygen atoms in total. The number of anilines is 1. The Morgan fingerprint density at radius 3 is 2.72 bits per heavy atom. The molecule has 2 aromatic rings. The number of benzene rings is 1. The number of amides is 1. The van der Waals surface area contributed by atoms with Crippen LogP contribution >= 0.6 is 24.8 Å². The van der Waals surface area contributed by atoms with Crippen LogP contribution in [0.3, 0.4) is 0 Å². The number of ether oxygens (including phenoxy) is 1. The van der Waals surface area contributed by atoms with E-state index in [0.717, 1.165) is 29.9 Å². The molecule has 4 rings (SSSR count). The van der Waals surface area contributed by atoms with Crippen LogP contribution in [-0.2, 0) is 17.8 Å². The maximum Gasteiger partial charge on any atom is 0.227 e. The van der Waals surface area contributed by atoms with Gasteiger partial charge in [-0.3, -0.25) is 4.79 Å². The van der Waals surface area contributed by atoms with E-state index >= 15 is 0 Å². The van der Waals surface area contributed by atoms with Crippen molar-refractivity contribution in [2.75, 3.05) is 25.6 Å². The van der Waals surface area contributed by atoms with Crippen molar-refractivity contribution in [1.82, 2.24) is 15.6 Å². The fourth-order valence-corrected chi connectivity index (χ4v) is 4.04. The van der Waals surface area contributed by atoms with Gasteiger partial charge in [-0.15, -0.1) is 24.8 Å². The van der Waals surface area contributed by atoms with E-state index in [1.54, 1.807) is 12.0 Å². The highest BCUT2D eigenvalue weighted by atomic mass is 35.5. The molecule has 1 fully saturated rings. The zero-order valence-electron chi connectivity index (χ0n) is 16.7. The summed E-state index contributed by atoms with van der Waals surface area (Å²) >= 11 is 0. The van der Waals surface area contributed by atoms with E-state index in [4.69, 9.17) is 4.74 Å². The smallest absolute Gasteiger partial charge is 0.227 e. The van der Waals surface area contributed by atoms with Crippen LogP contribution in [0, 0.1) is 0 Å². The van der Waals surface area contributed by atoms with Crippen molar-refractivity contribution in [3.05, 3.63) is 53.2 Å². The molecule has 0 spiro atoms. The molecule has 8 heteroatoms. The molecule has 1 aromatic heterocycles. The van der Waals surface area contributed by atoms with Crippen molar-refractivity contribution in [2.45, 2.75) is 37.9 Å². The standard InChI is InChI=1S/C21H26N4O2.2ClH/c1-25-18-12-15(21(27-2)24-16(18)8-9-19(25)26)13-23-17-10-11-22-20(17)14-6-4-3-5-7-14;;/h3-7,12,17,20,22-23H,8-11,13H2,1-2H3;2*1H/t17-,20-;;/m0../s1. The third-order valence-corrected chi connectivity index (χ3v) is 5.56. The second-order valence-electron chi connectivity index (χ2n) is 7.19. The van der Waals surface area contributed by atoms with Gasteiger partial charge in [0.2, 0.25) is 11.8 Å². The number of hydrogen-bond acceptors (Lipinski definition) is 5. The zero-order chi connectivity index (χ0) is 18.8. The Balaban J connectivity index is 0.00000150. The largest absolute Gasteiger partial charge is 0.481 e. The first-order valence-electron chi connectivity index (χ1n) is 9.52. The number of carbonyl (C=O) groups excluding carboxylic acids is 1. The third-order valence-electron chi connectivity index (χ3n) is 5.56. The molecule has 0 saturated carbocycles. The average Bonchev–Trinajstić information content (AvgIpc) is 3.18. The molecule has 1 saturated heterocycles. The first-order chi connectivity index (χ1) is 13.2. The Labute approximate surface area is 184 Å². The van der Waals surface area contributed by atoms with Gasteiger partial charge in [-0.05, 0) is 24.6 Å². The molecular weight excluding hydrogens is 411 g/mol. The van der Waals surface area contributed by atoms with Crippen molar-refractivity contribution >= 4 is 36.4 Å². The summed E-state index contributed by atoms with van der Waals surface area (Å²) in [5.41, 5.74) is 4.11. The maximum atomic E-state index is 12.0. The fourth-order valence-electron chi connectivity index (χ4n) is 4.04. The minimum Gasteiger partial charge on any atom is -0.481 e. The summed E-state index contributed by atoms with van der Waals surface area (Å²) in [6.45, 7) is 1.65. The van der Waals surface area contributed by atoms with Crippen molar-refractivity contribution in [2.24, 2.45) is 0 Å². The topological polar surface area (TPSA) is 66.5 Å². The fraction of sp³-hybridized carbons (Fsp3) is 0.429. The van der Waals surface area contributed by atoms with E-state index in [2.05, 4.69) is 39.9 Å². The summed E-state index contributed by atoms with van der Waals surface area (Å²) in [4.78, 5) is 18.4. The van der Waals surface area contributed by atoms with Gasteiger partial charge in [0, 0.05) is 44.1 Å². The Morgan fingerprint density at radius 2 is 2.00 bits per heavy atom. The lowest BCUT2D eigenvalue weighted by Gasteiger charge is -2.27. The number of rotatable bonds is 5. The molecule has 2 aliphatic heterocycles. The van der Waals surface area contributed by atoms with Crippen LogP contribution in [0.2, 0.25) is 0 Å². The number of halogens is 2. The number of hydrogen-bond donors (Lipinski definition) is 2. The summed E-state index contributed by atoms with van der Waals surface area (Å²) < 4.78 is 5.53. The van der Waals surface area contributed by atoms with Gasteiger partial charge in [-0.25, -0.2) is 4.98 Å². The number of aromatic nitrogens is 1. The van der Waals surface area contributed by atoms with Crippen molar-refractivity contribution in [3.8, 4) is 5.88 Å². The van der Waals surface area contributed by atoms with Crippen LogP contribution in [0.1, 0.15) is 35.7 Å². The quantitative estimate of drug-likeness (QED) is 0.750. The van der Waals surface area contributed by atoms with Gasteiger partial charge >= 0.3 is 0 Å². The molecule has 0 unspecified atom stereocenters. The van der Waals surface area contributed by atoms with E-state index in [0.29, 0.717) is 37.4 Å². The molecular formula is C21H28Cl2N4O2. The molecule has 1 aromatic carbocycles. The van der Waals surface area contributed by atoms with Gasteiger partial charge < -0.3 is 20.3 Å². The van der Waals surface area contributed by atoms with Crippen molar-refractivity contribution < 1.29 is 9.53 Å². The highest BCUT2D eigenvalue weighted by Crippen LogP contribution is 2.31. The third kappa shape index (κ3) is 4.83. The number of aryl methyl sites for hydroxylation is 1. The highest BCUT2D eigenvalue weighted by molar-refractivity contribution is 5.95. The minimum atomic E-state index is 0. The van der Waals surface area contributed by atoms with Crippen LogP contribution in [0.15, 0.2) is 36.4 Å². The SMILES string of the molecule is COc1nc2c(cc1CN[C@H]1CCN[C@H]1c1ccccc1)N(C)C(=O)CC2.Cl.Cl. The van der Waals surface area contributed by atoms with Gasteiger partial charge in [0.25, 0.3) is 0 Å². The Bertz CT molecular complexity index is 835. The number of pyridine rings is 1. The van der Waals surface area contributed by atoms with Gasteiger partial charge in [0.1, 0.15) is 0 Å². The second kappa shape index (κ2) is 10.3. The monoisotopic (exact) mass is 438 g/mol. The number of carbonyl (C=O) groups is 1. The minimum absolute atomic E-state index is 0. The molecule has 29 heavy (non-hydrogen) atoms. The summed E-state index contributed by atoms with van der Waals surface area (Å²) in [5.74, 6) is 0.781. The first-order valence-corrected chi connectivity index (χ1v) is 9.52. The van der Waals surface area contributed by atoms with Gasteiger partial charge in [-0.2, -0.15) is 0 Å². The van der Waals surface area contributed by atoms with Crippen LogP contribution in [-0.4, -0.2) is 37.6 Å². The Hall–Kier alpha value is -1.86. The van der Waals surface area contributed by atoms with Crippen LogP contribution in [0.5, 0.6) is 5.88 Å². The lowest BCUT2D eigenvalue weighted by atomic mass is 10.0. The molecule has 3 heterocycles. The van der Waals surface area contributed by atoms with E-state index in [9.17, 15) is 4.79 Å². The summed E-state index contributed by atoms with van der Waals surface area (Å²) in [7, 11) is 3.47. The molecule has 0 aliphatic carbocycles. The lowest BCUT2D eigenvalue weighted by Crippen LogP contribution is -2.35. The van der Waals surface area contributed by atoms with E-state index < -0.39 is 0 Å². The lowest BCUT2D eigenvalue weighted by molar-refractivity contribution is -0.118. The molecule has 1 amide bonds.